The van der Waals surface area contributed by atoms with Crippen LogP contribution in [-0.2, 0) is 14.4 Å². The third kappa shape index (κ3) is 5.09. The minimum Gasteiger partial charge on any atom is -0.472 e. The van der Waals surface area contributed by atoms with E-state index in [0.717, 1.165) is 5.69 Å². The molecule has 0 atom stereocenters. The van der Waals surface area contributed by atoms with Crippen molar-refractivity contribution < 1.29 is 19.1 Å². The number of benzene rings is 1. The first-order chi connectivity index (χ1) is 12.0. The van der Waals surface area contributed by atoms with Gasteiger partial charge in [0.1, 0.15) is 13.7 Å². The Hall–Kier alpha value is -2.80. The van der Waals surface area contributed by atoms with Gasteiger partial charge < -0.3 is 14.3 Å². The zero-order chi connectivity index (χ0) is 18.2. The maximum Gasteiger partial charge on any atom is 0.360 e. The number of oxime groups is 1. The van der Waals surface area contributed by atoms with Gasteiger partial charge in [-0.1, -0.05) is 16.8 Å². The summed E-state index contributed by atoms with van der Waals surface area (Å²) in [4.78, 5) is 16.3. The summed E-state index contributed by atoms with van der Waals surface area (Å²) in [6, 6.07) is 9.02. The fraction of sp³-hybridized carbons (Fsp3) is 0.235. The fourth-order valence-corrected chi connectivity index (χ4v) is 2.05. The highest BCUT2D eigenvalue weighted by atomic mass is 35.5. The predicted molar refractivity (Wildman–Crippen MR) is 94.3 cm³/mol. The van der Waals surface area contributed by atoms with E-state index >= 15 is 0 Å². The number of aromatic nitrogens is 2. The van der Waals surface area contributed by atoms with E-state index < -0.39 is 5.97 Å². The average Bonchev–Trinajstić information content (AvgIpc) is 3.08. The predicted octanol–water partition coefficient (Wildman–Crippen LogP) is 3.03. The molecule has 25 heavy (non-hydrogen) atoms. The normalized spacial score (nSPS) is 12.0. The van der Waals surface area contributed by atoms with Gasteiger partial charge in [-0.2, -0.15) is 0 Å². The molecule has 0 spiro atoms. The lowest BCUT2D eigenvalue weighted by Crippen LogP contribution is -2.18. The van der Waals surface area contributed by atoms with Crippen molar-refractivity contribution in [3.05, 3.63) is 53.2 Å². The van der Waals surface area contributed by atoms with Gasteiger partial charge in [0.15, 0.2) is 5.71 Å². The maximum absolute atomic E-state index is 11.6. The molecule has 0 radical (unpaired) electrons. The summed E-state index contributed by atoms with van der Waals surface area (Å²) in [7, 11) is 2.64. The molecule has 7 nitrogen and oxygen atoms in total. The van der Waals surface area contributed by atoms with Crippen molar-refractivity contribution in [1.82, 2.24) is 9.78 Å². The minimum absolute atomic E-state index is 0.0836. The van der Waals surface area contributed by atoms with Crippen LogP contribution in [-0.4, -0.2) is 42.3 Å². The molecule has 8 heteroatoms. The molecular formula is C17H18ClN3O4. The number of hydrogen-bond donors (Lipinski definition) is 0. The summed E-state index contributed by atoms with van der Waals surface area (Å²) >= 11 is 5.87. The number of carbonyl (C=O) groups is 1. The Balaban J connectivity index is 2.00. The highest BCUT2D eigenvalue weighted by Crippen LogP contribution is 2.15. The molecule has 0 N–H and O–H groups in total. The van der Waals surface area contributed by atoms with E-state index in [1.54, 1.807) is 42.1 Å². The molecule has 0 bridgehead atoms. The van der Waals surface area contributed by atoms with Gasteiger partial charge in [0.05, 0.1) is 12.8 Å². The van der Waals surface area contributed by atoms with E-state index in [-0.39, 0.29) is 12.3 Å². The number of hydrogen-bond acceptors (Lipinski definition) is 6. The third-order valence-electron chi connectivity index (χ3n) is 3.21. The standard InChI is InChI=1S/C17H18ClN3O4/c1-12(16(20-24-3)17(22)23-2)9-11-25-15-8-10-21(19-15)14-6-4-13(18)5-7-14/h4-10H,11H2,1-3H3. The molecule has 0 aliphatic heterocycles. The summed E-state index contributed by atoms with van der Waals surface area (Å²) in [5.41, 5.74) is 1.53. The summed E-state index contributed by atoms with van der Waals surface area (Å²) in [5, 5.41) is 8.63. The molecule has 2 aromatic rings. The van der Waals surface area contributed by atoms with Crippen LogP contribution in [0.4, 0.5) is 0 Å². The second-order valence-electron chi connectivity index (χ2n) is 4.89. The first kappa shape index (κ1) is 18.5. The molecule has 1 heterocycles. The molecule has 0 amide bonds. The van der Waals surface area contributed by atoms with Crippen molar-refractivity contribution in [1.29, 1.82) is 0 Å². The monoisotopic (exact) mass is 363 g/mol. The second-order valence-corrected chi connectivity index (χ2v) is 5.32. The van der Waals surface area contributed by atoms with Crippen molar-refractivity contribution in [2.45, 2.75) is 6.92 Å². The zero-order valence-corrected chi connectivity index (χ0v) is 14.9. The topological polar surface area (TPSA) is 74.9 Å². The average molecular weight is 364 g/mol. The molecule has 0 fully saturated rings. The molecular weight excluding hydrogens is 346 g/mol. The number of nitrogens with zero attached hydrogens (tertiary/aromatic N) is 3. The van der Waals surface area contributed by atoms with Gasteiger partial charge in [-0.25, -0.2) is 9.48 Å². The number of carbonyl (C=O) groups excluding carboxylic acids is 1. The van der Waals surface area contributed by atoms with E-state index in [9.17, 15) is 4.79 Å². The van der Waals surface area contributed by atoms with Crippen LogP contribution in [0.2, 0.25) is 5.02 Å². The molecule has 0 saturated heterocycles. The van der Waals surface area contributed by atoms with E-state index in [0.29, 0.717) is 16.5 Å². The molecule has 1 aromatic carbocycles. The Morgan fingerprint density at radius 1 is 1.28 bits per heavy atom. The lowest BCUT2D eigenvalue weighted by atomic mass is 10.2. The first-order valence-electron chi connectivity index (χ1n) is 7.36. The Kier molecular flexibility index (Phi) is 6.59. The van der Waals surface area contributed by atoms with Gasteiger partial charge in [0, 0.05) is 17.3 Å². The Morgan fingerprint density at radius 3 is 2.64 bits per heavy atom. The largest absolute Gasteiger partial charge is 0.472 e. The molecule has 2 rings (SSSR count). The van der Waals surface area contributed by atoms with Crippen LogP contribution in [0.3, 0.4) is 0 Å². The highest BCUT2D eigenvalue weighted by Gasteiger charge is 2.14. The van der Waals surface area contributed by atoms with Gasteiger partial charge in [0.2, 0.25) is 5.88 Å². The molecule has 0 saturated carbocycles. The number of rotatable bonds is 7. The SMILES string of the molecule is CON=C(C(=O)OC)C(C)=CCOc1ccn(-c2ccc(Cl)cc2)n1. The number of methoxy groups -OCH3 is 1. The van der Waals surface area contributed by atoms with Gasteiger partial charge in [0.25, 0.3) is 0 Å². The Morgan fingerprint density at radius 2 is 2.00 bits per heavy atom. The summed E-state index contributed by atoms with van der Waals surface area (Å²) in [6.07, 6.45) is 3.47. The third-order valence-corrected chi connectivity index (χ3v) is 3.46. The molecule has 0 unspecified atom stereocenters. The van der Waals surface area contributed by atoms with Gasteiger partial charge >= 0.3 is 5.97 Å². The smallest absolute Gasteiger partial charge is 0.360 e. The Bertz CT molecular complexity index is 781. The molecule has 1 aromatic heterocycles. The van der Waals surface area contributed by atoms with Gasteiger partial charge in [-0.05, 0) is 42.8 Å². The lowest BCUT2D eigenvalue weighted by Gasteiger charge is -2.04. The summed E-state index contributed by atoms with van der Waals surface area (Å²) in [5.74, 6) is -0.134. The van der Waals surface area contributed by atoms with Crippen molar-refractivity contribution in [2.24, 2.45) is 5.16 Å². The quantitative estimate of drug-likeness (QED) is 0.429. The van der Waals surface area contributed by atoms with Crippen LogP contribution < -0.4 is 4.74 Å². The molecule has 0 aliphatic carbocycles. The second kappa shape index (κ2) is 8.89. The minimum atomic E-state index is -0.581. The van der Waals surface area contributed by atoms with E-state index in [1.807, 2.05) is 12.1 Å². The van der Waals surface area contributed by atoms with Crippen LogP contribution >= 0.6 is 11.6 Å². The number of esters is 1. The van der Waals surface area contributed by atoms with Gasteiger partial charge in [-0.15, -0.1) is 5.10 Å². The van der Waals surface area contributed by atoms with Crippen molar-refractivity contribution in [3.63, 3.8) is 0 Å². The lowest BCUT2D eigenvalue weighted by molar-refractivity contribution is -0.132. The fourth-order valence-electron chi connectivity index (χ4n) is 1.93. The van der Waals surface area contributed by atoms with Crippen LogP contribution in [0.25, 0.3) is 5.69 Å². The van der Waals surface area contributed by atoms with E-state index in [1.165, 1.54) is 14.2 Å². The Labute approximate surface area is 150 Å². The highest BCUT2D eigenvalue weighted by molar-refractivity contribution is 6.42. The molecule has 0 aliphatic rings. The maximum atomic E-state index is 11.6. The van der Waals surface area contributed by atoms with Crippen LogP contribution in [0.5, 0.6) is 5.88 Å². The summed E-state index contributed by atoms with van der Waals surface area (Å²) in [6.45, 7) is 1.92. The first-order valence-corrected chi connectivity index (χ1v) is 7.74. The zero-order valence-electron chi connectivity index (χ0n) is 14.1. The van der Waals surface area contributed by atoms with E-state index in [4.69, 9.17) is 16.3 Å². The van der Waals surface area contributed by atoms with Crippen LogP contribution in [0, 0.1) is 0 Å². The van der Waals surface area contributed by atoms with Crippen molar-refractivity contribution in [3.8, 4) is 11.6 Å². The van der Waals surface area contributed by atoms with Crippen molar-refractivity contribution >= 4 is 23.3 Å². The van der Waals surface area contributed by atoms with Crippen LogP contribution in [0.1, 0.15) is 6.92 Å². The van der Waals surface area contributed by atoms with Crippen molar-refractivity contribution in [2.75, 3.05) is 20.8 Å². The van der Waals surface area contributed by atoms with Gasteiger partial charge in [-0.3, -0.25) is 0 Å². The summed E-state index contributed by atoms with van der Waals surface area (Å²) < 4.78 is 11.9. The van der Waals surface area contributed by atoms with E-state index in [2.05, 4.69) is 19.8 Å². The van der Waals surface area contributed by atoms with Crippen LogP contribution in [0.15, 0.2) is 53.3 Å². The molecule has 132 valence electrons. The number of ether oxygens (including phenoxy) is 2. The number of halogens is 1.